The van der Waals surface area contributed by atoms with Crippen molar-refractivity contribution in [3.05, 3.63) is 5.82 Å². The zero-order chi connectivity index (χ0) is 13.5. The van der Waals surface area contributed by atoms with E-state index in [9.17, 15) is 9.59 Å². The zero-order valence-corrected chi connectivity index (χ0v) is 10.9. The first kappa shape index (κ1) is 14.5. The van der Waals surface area contributed by atoms with E-state index in [0.29, 0.717) is 31.0 Å². The number of carbonyl (C=O) groups is 2. The van der Waals surface area contributed by atoms with Gasteiger partial charge in [-0.1, -0.05) is 18.7 Å². The molecule has 0 radical (unpaired) electrons. The first-order valence-corrected chi connectivity index (χ1v) is 6.58. The van der Waals surface area contributed by atoms with Crippen molar-refractivity contribution in [3.63, 3.8) is 0 Å². The second-order valence-corrected chi connectivity index (χ2v) is 4.60. The van der Waals surface area contributed by atoms with Crippen LogP contribution in [-0.2, 0) is 22.6 Å². The minimum Gasteiger partial charge on any atom is -0.481 e. The molecule has 0 saturated heterocycles. The minimum absolute atomic E-state index is 0.0579. The quantitative estimate of drug-likeness (QED) is 0.658. The molecule has 3 N–H and O–H groups in total. The zero-order valence-electron chi connectivity index (χ0n) is 10.1. The number of hydrogen-bond donors (Lipinski definition) is 2. The number of hydrogen-bond acceptors (Lipinski definition) is 5. The van der Waals surface area contributed by atoms with Crippen molar-refractivity contribution in [3.8, 4) is 0 Å². The standard InChI is InChI=1S/C10H16N4O3S/c1-2-8-12-13-10(18-6-9(16)17)14(8)5-3-4-7(11)15/h2-6H2,1H3,(H2,11,15)(H,16,17). The highest BCUT2D eigenvalue weighted by atomic mass is 32.2. The van der Waals surface area contributed by atoms with Gasteiger partial charge in [0.05, 0.1) is 5.75 Å². The van der Waals surface area contributed by atoms with Crippen LogP contribution >= 0.6 is 11.8 Å². The molecule has 8 heteroatoms. The summed E-state index contributed by atoms with van der Waals surface area (Å²) < 4.78 is 1.84. The molecule has 100 valence electrons. The smallest absolute Gasteiger partial charge is 0.313 e. The number of rotatable bonds is 8. The predicted octanol–water partition coefficient (Wildman–Crippen LogP) is 0.283. The Balaban J connectivity index is 2.68. The van der Waals surface area contributed by atoms with Crippen molar-refractivity contribution in [2.75, 3.05) is 5.75 Å². The van der Waals surface area contributed by atoms with Crippen molar-refractivity contribution in [2.45, 2.75) is 37.9 Å². The Hall–Kier alpha value is -1.57. The third kappa shape index (κ3) is 4.36. The van der Waals surface area contributed by atoms with E-state index in [1.54, 1.807) is 0 Å². The number of nitrogens with zero attached hydrogens (tertiary/aromatic N) is 3. The van der Waals surface area contributed by atoms with E-state index in [-0.39, 0.29) is 11.7 Å². The molecule has 0 aromatic carbocycles. The molecule has 1 amide bonds. The van der Waals surface area contributed by atoms with E-state index in [1.165, 1.54) is 0 Å². The van der Waals surface area contributed by atoms with Gasteiger partial charge in [-0.25, -0.2) is 0 Å². The van der Waals surface area contributed by atoms with E-state index in [1.807, 2.05) is 11.5 Å². The van der Waals surface area contributed by atoms with Gasteiger partial charge in [0.15, 0.2) is 5.16 Å². The molecule has 1 heterocycles. The number of carboxylic acids is 1. The van der Waals surface area contributed by atoms with E-state index >= 15 is 0 Å². The van der Waals surface area contributed by atoms with E-state index in [2.05, 4.69) is 10.2 Å². The summed E-state index contributed by atoms with van der Waals surface area (Å²) in [6, 6.07) is 0. The van der Waals surface area contributed by atoms with Gasteiger partial charge < -0.3 is 15.4 Å². The Bertz CT molecular complexity index is 433. The number of thioether (sulfide) groups is 1. The number of carboxylic acid groups (broad SMARTS) is 1. The summed E-state index contributed by atoms with van der Waals surface area (Å²) >= 11 is 1.12. The maximum Gasteiger partial charge on any atom is 0.313 e. The fraction of sp³-hybridized carbons (Fsp3) is 0.600. The van der Waals surface area contributed by atoms with Gasteiger partial charge in [0, 0.05) is 19.4 Å². The van der Waals surface area contributed by atoms with E-state index < -0.39 is 5.97 Å². The number of amides is 1. The van der Waals surface area contributed by atoms with Gasteiger partial charge in [-0.05, 0) is 6.42 Å². The average molecular weight is 272 g/mol. The maximum atomic E-state index is 10.7. The molecule has 0 bridgehead atoms. The summed E-state index contributed by atoms with van der Waals surface area (Å²) in [5.74, 6) is -0.518. The number of aryl methyl sites for hydroxylation is 1. The molecule has 0 fully saturated rings. The topological polar surface area (TPSA) is 111 Å². The molecule has 0 saturated carbocycles. The van der Waals surface area contributed by atoms with Crippen molar-refractivity contribution in [1.29, 1.82) is 0 Å². The highest BCUT2D eigenvalue weighted by Gasteiger charge is 2.12. The molecule has 0 spiro atoms. The number of carbonyl (C=O) groups excluding carboxylic acids is 1. The van der Waals surface area contributed by atoms with Crippen LogP contribution in [0.2, 0.25) is 0 Å². The summed E-state index contributed by atoms with van der Waals surface area (Å²) in [5, 5.41) is 17.2. The molecular formula is C10H16N4O3S. The summed E-state index contributed by atoms with van der Waals surface area (Å²) in [6.45, 7) is 2.52. The molecule has 0 atom stereocenters. The van der Waals surface area contributed by atoms with Gasteiger partial charge in [0.25, 0.3) is 0 Å². The fourth-order valence-electron chi connectivity index (χ4n) is 1.45. The number of nitrogens with two attached hydrogens (primary N) is 1. The number of primary amides is 1. The molecule has 0 unspecified atom stereocenters. The molecule has 7 nitrogen and oxygen atoms in total. The first-order valence-electron chi connectivity index (χ1n) is 5.59. The average Bonchev–Trinajstić information content (AvgIpc) is 2.68. The van der Waals surface area contributed by atoms with E-state index in [0.717, 1.165) is 17.6 Å². The predicted molar refractivity (Wildman–Crippen MR) is 66.2 cm³/mol. The van der Waals surface area contributed by atoms with Crippen LogP contribution in [0.4, 0.5) is 0 Å². The molecule has 0 aliphatic heterocycles. The summed E-state index contributed by atoms with van der Waals surface area (Å²) in [6.07, 6.45) is 1.60. The SMILES string of the molecule is CCc1nnc(SCC(=O)O)n1CCCC(N)=O. The minimum atomic E-state index is -0.898. The lowest BCUT2D eigenvalue weighted by molar-refractivity contribution is -0.133. The third-order valence-corrected chi connectivity index (χ3v) is 3.19. The lowest BCUT2D eigenvalue weighted by atomic mass is 10.3. The van der Waals surface area contributed by atoms with Crippen LogP contribution in [-0.4, -0.2) is 37.5 Å². The monoisotopic (exact) mass is 272 g/mol. The van der Waals surface area contributed by atoms with Gasteiger partial charge in [0.2, 0.25) is 5.91 Å². The van der Waals surface area contributed by atoms with Gasteiger partial charge in [-0.15, -0.1) is 10.2 Å². The van der Waals surface area contributed by atoms with Crippen LogP contribution in [0.1, 0.15) is 25.6 Å². The Labute approximate surface area is 109 Å². The number of aliphatic carboxylic acids is 1. The fourth-order valence-corrected chi connectivity index (χ4v) is 2.15. The van der Waals surface area contributed by atoms with Crippen molar-refractivity contribution >= 4 is 23.6 Å². The molecule has 1 aromatic rings. The summed E-state index contributed by atoms with van der Waals surface area (Å²) in [7, 11) is 0. The van der Waals surface area contributed by atoms with Gasteiger partial charge in [-0.2, -0.15) is 0 Å². The highest BCUT2D eigenvalue weighted by Crippen LogP contribution is 2.17. The second kappa shape index (κ2) is 7.00. The second-order valence-electron chi connectivity index (χ2n) is 3.66. The molecule has 1 rings (SSSR count). The largest absolute Gasteiger partial charge is 0.481 e. The Morgan fingerprint density at radius 1 is 1.44 bits per heavy atom. The van der Waals surface area contributed by atoms with Crippen LogP contribution in [0.15, 0.2) is 5.16 Å². The lowest BCUT2D eigenvalue weighted by Crippen LogP contribution is -2.13. The van der Waals surface area contributed by atoms with Crippen LogP contribution in [0.25, 0.3) is 0 Å². The maximum absolute atomic E-state index is 10.7. The normalized spacial score (nSPS) is 10.5. The Morgan fingerprint density at radius 2 is 2.17 bits per heavy atom. The summed E-state index contributed by atoms with van der Waals surface area (Å²) in [4.78, 5) is 21.2. The molecule has 0 aliphatic rings. The van der Waals surface area contributed by atoms with Crippen molar-refractivity contribution in [1.82, 2.24) is 14.8 Å². The molecule has 0 aliphatic carbocycles. The lowest BCUT2D eigenvalue weighted by Gasteiger charge is -2.07. The Kier molecular flexibility index (Phi) is 5.63. The summed E-state index contributed by atoms with van der Waals surface area (Å²) in [5.41, 5.74) is 5.08. The number of aromatic nitrogens is 3. The van der Waals surface area contributed by atoms with Crippen molar-refractivity contribution in [2.24, 2.45) is 5.73 Å². The van der Waals surface area contributed by atoms with E-state index in [4.69, 9.17) is 10.8 Å². The first-order chi connectivity index (χ1) is 8.54. The van der Waals surface area contributed by atoms with Crippen LogP contribution in [0.3, 0.4) is 0 Å². The highest BCUT2D eigenvalue weighted by molar-refractivity contribution is 7.99. The van der Waals surface area contributed by atoms with Gasteiger partial charge >= 0.3 is 5.97 Å². The van der Waals surface area contributed by atoms with Crippen LogP contribution in [0, 0.1) is 0 Å². The van der Waals surface area contributed by atoms with Crippen LogP contribution < -0.4 is 5.73 Å². The van der Waals surface area contributed by atoms with Crippen LogP contribution in [0.5, 0.6) is 0 Å². The van der Waals surface area contributed by atoms with Crippen molar-refractivity contribution < 1.29 is 14.7 Å². The third-order valence-electron chi connectivity index (χ3n) is 2.24. The molecule has 1 aromatic heterocycles. The van der Waals surface area contributed by atoms with Gasteiger partial charge in [0.1, 0.15) is 5.82 Å². The van der Waals surface area contributed by atoms with Gasteiger partial charge in [-0.3, -0.25) is 9.59 Å². The molecular weight excluding hydrogens is 256 g/mol. The molecule has 18 heavy (non-hydrogen) atoms. The Morgan fingerprint density at radius 3 is 2.72 bits per heavy atom.